The number of pyridine rings is 1. The van der Waals surface area contributed by atoms with Crippen LogP contribution in [0.4, 0.5) is 5.82 Å². The van der Waals surface area contributed by atoms with E-state index in [1.807, 2.05) is 0 Å². The Balaban J connectivity index is 2.53. The van der Waals surface area contributed by atoms with Gasteiger partial charge in [-0.05, 0) is 12.1 Å². The number of methoxy groups -OCH3 is 2. The molecule has 6 heteroatoms. The van der Waals surface area contributed by atoms with Crippen molar-refractivity contribution in [1.29, 1.82) is 0 Å². The summed E-state index contributed by atoms with van der Waals surface area (Å²) < 4.78 is 10.1. The van der Waals surface area contributed by atoms with E-state index in [1.54, 1.807) is 39.5 Å². The smallest absolute Gasteiger partial charge is 0.270 e. The van der Waals surface area contributed by atoms with Gasteiger partial charge in [-0.25, -0.2) is 4.98 Å². The van der Waals surface area contributed by atoms with E-state index < -0.39 is 0 Å². The Morgan fingerprint density at radius 2 is 2.22 bits per heavy atom. The van der Waals surface area contributed by atoms with Crippen LogP contribution in [0.5, 0.6) is 0 Å². The van der Waals surface area contributed by atoms with Gasteiger partial charge in [0.1, 0.15) is 11.5 Å². The van der Waals surface area contributed by atoms with Crippen LogP contribution in [0.1, 0.15) is 10.5 Å². The van der Waals surface area contributed by atoms with Crippen molar-refractivity contribution in [3.63, 3.8) is 0 Å². The molecule has 0 aliphatic heterocycles. The average Bonchev–Trinajstić information content (AvgIpc) is 2.43. The van der Waals surface area contributed by atoms with Crippen molar-refractivity contribution in [2.45, 2.75) is 6.10 Å². The van der Waals surface area contributed by atoms with Crippen LogP contribution in [0.2, 0.25) is 0 Å². The highest BCUT2D eigenvalue weighted by atomic mass is 16.5. The molecule has 1 unspecified atom stereocenters. The predicted octanol–water partition coefficient (Wildman–Crippen LogP) is 0.514. The Bertz CT molecular complexity index is 385. The van der Waals surface area contributed by atoms with E-state index >= 15 is 0 Å². The lowest BCUT2D eigenvalue weighted by molar-refractivity contribution is 0.0285. The highest BCUT2D eigenvalue weighted by molar-refractivity contribution is 5.92. The van der Waals surface area contributed by atoms with Crippen molar-refractivity contribution in [3.05, 3.63) is 23.9 Å². The second-order valence-corrected chi connectivity index (χ2v) is 3.68. The number of carbonyl (C=O) groups is 1. The van der Waals surface area contributed by atoms with Crippen molar-refractivity contribution in [2.24, 2.45) is 0 Å². The van der Waals surface area contributed by atoms with Gasteiger partial charge >= 0.3 is 0 Å². The minimum Gasteiger partial charge on any atom is -0.382 e. The number of nitrogens with one attached hydrogen (secondary N) is 2. The third-order valence-electron chi connectivity index (χ3n) is 2.41. The van der Waals surface area contributed by atoms with Crippen LogP contribution in [0.15, 0.2) is 18.2 Å². The second kappa shape index (κ2) is 7.62. The maximum Gasteiger partial charge on any atom is 0.270 e. The van der Waals surface area contributed by atoms with Gasteiger partial charge in [-0.2, -0.15) is 0 Å². The lowest BCUT2D eigenvalue weighted by atomic mass is 10.3. The van der Waals surface area contributed by atoms with Crippen LogP contribution in [0, 0.1) is 0 Å². The van der Waals surface area contributed by atoms with E-state index in [-0.39, 0.29) is 12.0 Å². The molecule has 18 heavy (non-hydrogen) atoms. The van der Waals surface area contributed by atoms with Gasteiger partial charge in [0.2, 0.25) is 0 Å². The molecule has 1 aromatic heterocycles. The van der Waals surface area contributed by atoms with Gasteiger partial charge in [0.15, 0.2) is 0 Å². The molecule has 1 heterocycles. The number of rotatable bonds is 7. The fourth-order valence-electron chi connectivity index (χ4n) is 1.39. The molecule has 0 aromatic carbocycles. The first-order chi connectivity index (χ1) is 8.71. The second-order valence-electron chi connectivity index (χ2n) is 3.68. The van der Waals surface area contributed by atoms with Crippen LogP contribution in [-0.2, 0) is 9.47 Å². The fourth-order valence-corrected chi connectivity index (χ4v) is 1.39. The molecule has 100 valence electrons. The minimum absolute atomic E-state index is 0.161. The number of hydrogen-bond acceptors (Lipinski definition) is 5. The number of amides is 1. The van der Waals surface area contributed by atoms with Crippen LogP contribution < -0.4 is 10.6 Å². The first-order valence-electron chi connectivity index (χ1n) is 5.66. The van der Waals surface area contributed by atoms with E-state index in [2.05, 4.69) is 15.6 Å². The molecule has 0 fully saturated rings. The van der Waals surface area contributed by atoms with Crippen molar-refractivity contribution >= 4 is 11.7 Å². The molecule has 0 radical (unpaired) electrons. The van der Waals surface area contributed by atoms with Crippen LogP contribution >= 0.6 is 0 Å². The van der Waals surface area contributed by atoms with Crippen LogP contribution in [-0.4, -0.2) is 51.4 Å². The zero-order valence-corrected chi connectivity index (χ0v) is 10.9. The average molecular weight is 253 g/mol. The summed E-state index contributed by atoms with van der Waals surface area (Å²) in [5.41, 5.74) is 0.370. The highest BCUT2D eigenvalue weighted by Crippen LogP contribution is 2.03. The summed E-state index contributed by atoms with van der Waals surface area (Å²) >= 11 is 0. The summed E-state index contributed by atoms with van der Waals surface area (Å²) in [4.78, 5) is 16.0. The van der Waals surface area contributed by atoms with Gasteiger partial charge < -0.3 is 20.1 Å². The molecule has 0 aliphatic rings. The standard InChI is InChI=1S/C12H19N3O3/c1-13-11-6-4-5-10(15-11)12(16)14-7-9(18-3)8-17-2/h4-6,9H,7-8H2,1-3H3,(H,13,15)(H,14,16). The van der Waals surface area contributed by atoms with Gasteiger partial charge in [0, 0.05) is 27.8 Å². The Hall–Kier alpha value is -1.66. The lowest BCUT2D eigenvalue weighted by Crippen LogP contribution is -2.36. The summed E-state index contributed by atoms with van der Waals surface area (Å²) in [7, 11) is 4.92. The molecular formula is C12H19N3O3. The number of anilines is 1. The number of hydrogen-bond donors (Lipinski definition) is 2. The number of ether oxygens (including phenoxy) is 2. The SMILES string of the molecule is CNc1cccc(C(=O)NCC(COC)OC)n1. The number of aromatic nitrogens is 1. The summed E-state index contributed by atoms with van der Waals surface area (Å²) in [6.07, 6.45) is -0.161. The van der Waals surface area contributed by atoms with Crippen molar-refractivity contribution in [2.75, 3.05) is 39.7 Å². The number of carbonyl (C=O) groups excluding carboxylic acids is 1. The maximum atomic E-state index is 11.8. The van der Waals surface area contributed by atoms with E-state index in [0.717, 1.165) is 0 Å². The summed E-state index contributed by atoms with van der Waals surface area (Å²) in [5.74, 6) is 0.424. The Labute approximate surface area is 107 Å². The van der Waals surface area contributed by atoms with E-state index in [1.165, 1.54) is 0 Å². The molecule has 0 bridgehead atoms. The van der Waals surface area contributed by atoms with E-state index in [9.17, 15) is 4.79 Å². The van der Waals surface area contributed by atoms with Crippen molar-refractivity contribution in [1.82, 2.24) is 10.3 Å². The molecule has 0 saturated heterocycles. The Morgan fingerprint density at radius 3 is 2.83 bits per heavy atom. The third-order valence-corrected chi connectivity index (χ3v) is 2.41. The molecule has 1 aromatic rings. The largest absolute Gasteiger partial charge is 0.382 e. The van der Waals surface area contributed by atoms with Crippen LogP contribution in [0.25, 0.3) is 0 Å². The topological polar surface area (TPSA) is 72.5 Å². The Morgan fingerprint density at radius 1 is 1.44 bits per heavy atom. The molecule has 0 saturated carbocycles. The lowest BCUT2D eigenvalue weighted by Gasteiger charge is -2.14. The first-order valence-corrected chi connectivity index (χ1v) is 5.66. The zero-order valence-electron chi connectivity index (χ0n) is 10.9. The molecule has 0 spiro atoms. The normalized spacial score (nSPS) is 11.9. The molecule has 1 atom stereocenters. The van der Waals surface area contributed by atoms with Crippen molar-refractivity contribution < 1.29 is 14.3 Å². The van der Waals surface area contributed by atoms with E-state index in [0.29, 0.717) is 24.7 Å². The van der Waals surface area contributed by atoms with Gasteiger partial charge in [0.05, 0.1) is 12.7 Å². The third kappa shape index (κ3) is 4.31. The van der Waals surface area contributed by atoms with E-state index in [4.69, 9.17) is 9.47 Å². The molecule has 2 N–H and O–H groups in total. The first kappa shape index (κ1) is 14.4. The summed E-state index contributed by atoms with van der Waals surface area (Å²) in [6.45, 7) is 0.815. The predicted molar refractivity (Wildman–Crippen MR) is 68.8 cm³/mol. The van der Waals surface area contributed by atoms with Crippen LogP contribution in [0.3, 0.4) is 0 Å². The fraction of sp³-hybridized carbons (Fsp3) is 0.500. The van der Waals surface area contributed by atoms with Gasteiger partial charge in [-0.3, -0.25) is 4.79 Å². The zero-order chi connectivity index (χ0) is 13.4. The quantitative estimate of drug-likeness (QED) is 0.741. The number of nitrogens with zero attached hydrogens (tertiary/aromatic N) is 1. The summed E-state index contributed by atoms with van der Waals surface area (Å²) in [6, 6.07) is 5.23. The maximum absolute atomic E-state index is 11.8. The molecule has 1 rings (SSSR count). The molecule has 1 amide bonds. The molecule has 0 aliphatic carbocycles. The van der Waals surface area contributed by atoms with Gasteiger partial charge in [-0.15, -0.1) is 0 Å². The molecular weight excluding hydrogens is 234 g/mol. The van der Waals surface area contributed by atoms with Gasteiger partial charge in [0.25, 0.3) is 5.91 Å². The molecule has 6 nitrogen and oxygen atoms in total. The summed E-state index contributed by atoms with van der Waals surface area (Å²) in [5, 5.41) is 5.63. The highest BCUT2D eigenvalue weighted by Gasteiger charge is 2.11. The van der Waals surface area contributed by atoms with Crippen molar-refractivity contribution in [3.8, 4) is 0 Å². The minimum atomic E-state index is -0.231. The Kier molecular flexibility index (Phi) is 6.10. The van der Waals surface area contributed by atoms with Gasteiger partial charge in [-0.1, -0.05) is 6.07 Å². The monoisotopic (exact) mass is 253 g/mol.